The first-order chi connectivity index (χ1) is 14.7. The van der Waals surface area contributed by atoms with E-state index in [0.29, 0.717) is 28.3 Å². The smallest absolute Gasteiger partial charge is 0.267 e. The van der Waals surface area contributed by atoms with Crippen molar-refractivity contribution in [1.82, 2.24) is 4.57 Å². The summed E-state index contributed by atoms with van der Waals surface area (Å²) in [7, 11) is 1.55. The summed E-state index contributed by atoms with van der Waals surface area (Å²) in [6, 6.07) is 27.1. The van der Waals surface area contributed by atoms with Crippen LogP contribution in [0.4, 0.5) is 0 Å². The largest absolute Gasteiger partial charge is 0.506 e. The lowest BCUT2D eigenvalue weighted by Gasteiger charge is -2.18. The molecule has 0 saturated carbocycles. The highest BCUT2D eigenvalue weighted by Gasteiger charge is 2.24. The van der Waals surface area contributed by atoms with Crippen LogP contribution in [0, 0.1) is 11.3 Å². The number of rotatable bonds is 4. The maximum atomic E-state index is 13.7. The van der Waals surface area contributed by atoms with Crippen molar-refractivity contribution in [3.8, 4) is 45.6 Å². The van der Waals surface area contributed by atoms with E-state index in [1.165, 1.54) is 4.57 Å². The highest BCUT2D eigenvalue weighted by Crippen LogP contribution is 2.37. The fourth-order valence-electron chi connectivity index (χ4n) is 3.48. The Morgan fingerprint density at radius 1 is 0.867 bits per heavy atom. The van der Waals surface area contributed by atoms with Crippen molar-refractivity contribution >= 4 is 0 Å². The molecule has 0 radical (unpaired) electrons. The molecule has 0 fully saturated rings. The summed E-state index contributed by atoms with van der Waals surface area (Å²) < 4.78 is 6.66. The molecule has 4 aromatic rings. The maximum Gasteiger partial charge on any atom is 0.267 e. The summed E-state index contributed by atoms with van der Waals surface area (Å²) in [5, 5.41) is 20.9. The maximum absolute atomic E-state index is 13.7. The molecule has 0 spiro atoms. The van der Waals surface area contributed by atoms with Crippen molar-refractivity contribution in [2.75, 3.05) is 7.11 Å². The van der Waals surface area contributed by atoms with Gasteiger partial charge in [0.1, 0.15) is 23.1 Å². The first kappa shape index (κ1) is 19.0. The Balaban J connectivity index is 2.13. The standard InChI is InChI=1S/C25H18N2O3/c1-30-20-14-12-17(13-15-20)22-24(28)21(16-26)23(18-8-4-2-5-9-18)27(25(22)29)19-10-6-3-7-11-19/h2-15,28H,1H3. The Bertz CT molecular complexity index is 1290. The third-order valence-electron chi connectivity index (χ3n) is 4.90. The van der Waals surface area contributed by atoms with Gasteiger partial charge in [-0.3, -0.25) is 9.36 Å². The van der Waals surface area contributed by atoms with Crippen LogP contribution in [-0.4, -0.2) is 16.8 Å². The zero-order valence-corrected chi connectivity index (χ0v) is 16.2. The summed E-state index contributed by atoms with van der Waals surface area (Å²) in [5.74, 6) is 0.293. The van der Waals surface area contributed by atoms with Crippen LogP contribution in [0.5, 0.6) is 11.5 Å². The van der Waals surface area contributed by atoms with Crippen molar-refractivity contribution < 1.29 is 9.84 Å². The van der Waals surface area contributed by atoms with E-state index in [9.17, 15) is 15.2 Å². The second-order valence-corrected chi connectivity index (χ2v) is 6.63. The van der Waals surface area contributed by atoms with Crippen LogP contribution < -0.4 is 10.3 Å². The third kappa shape index (κ3) is 3.21. The molecule has 1 N–H and O–H groups in total. The number of hydrogen-bond donors (Lipinski definition) is 1. The summed E-state index contributed by atoms with van der Waals surface area (Å²) in [5.41, 5.74) is 1.80. The van der Waals surface area contributed by atoms with Gasteiger partial charge in [-0.25, -0.2) is 0 Å². The SMILES string of the molecule is COc1ccc(-c2c(O)c(C#N)c(-c3ccccc3)n(-c3ccccc3)c2=O)cc1. The van der Waals surface area contributed by atoms with E-state index >= 15 is 0 Å². The lowest BCUT2D eigenvalue weighted by molar-refractivity contribution is 0.415. The number of nitrogens with zero attached hydrogens (tertiary/aromatic N) is 2. The molecule has 0 saturated heterocycles. The van der Waals surface area contributed by atoms with Crippen LogP contribution in [0.2, 0.25) is 0 Å². The number of methoxy groups -OCH3 is 1. The molecule has 0 amide bonds. The molecule has 0 unspecified atom stereocenters. The van der Waals surface area contributed by atoms with Gasteiger partial charge < -0.3 is 9.84 Å². The minimum atomic E-state index is -0.415. The van der Waals surface area contributed by atoms with Crippen molar-refractivity contribution in [2.45, 2.75) is 0 Å². The van der Waals surface area contributed by atoms with Gasteiger partial charge in [0, 0.05) is 11.3 Å². The molecule has 146 valence electrons. The minimum absolute atomic E-state index is 0.0375. The molecule has 0 aliphatic rings. The van der Waals surface area contributed by atoms with E-state index in [2.05, 4.69) is 6.07 Å². The van der Waals surface area contributed by atoms with Crippen LogP contribution in [0.1, 0.15) is 5.56 Å². The summed E-state index contributed by atoms with van der Waals surface area (Å²) in [6.45, 7) is 0. The van der Waals surface area contributed by atoms with Gasteiger partial charge in [0.05, 0.1) is 18.4 Å². The molecule has 0 aliphatic carbocycles. The quantitative estimate of drug-likeness (QED) is 0.542. The molecule has 30 heavy (non-hydrogen) atoms. The molecule has 0 bridgehead atoms. The predicted molar refractivity (Wildman–Crippen MR) is 116 cm³/mol. The monoisotopic (exact) mass is 394 g/mol. The Labute approximate surface area is 173 Å². The average Bonchev–Trinajstić information content (AvgIpc) is 2.80. The first-order valence-electron chi connectivity index (χ1n) is 9.33. The van der Waals surface area contributed by atoms with E-state index < -0.39 is 5.56 Å². The second kappa shape index (κ2) is 7.98. The van der Waals surface area contributed by atoms with Gasteiger partial charge in [0.25, 0.3) is 5.56 Å². The number of hydrogen-bond acceptors (Lipinski definition) is 4. The van der Waals surface area contributed by atoms with Gasteiger partial charge >= 0.3 is 0 Å². The zero-order valence-electron chi connectivity index (χ0n) is 16.2. The van der Waals surface area contributed by atoms with E-state index in [0.717, 1.165) is 0 Å². The molecule has 1 heterocycles. The number of nitriles is 1. The van der Waals surface area contributed by atoms with Crippen molar-refractivity contribution in [1.29, 1.82) is 5.26 Å². The first-order valence-corrected chi connectivity index (χ1v) is 9.33. The predicted octanol–water partition coefficient (Wildman–Crippen LogP) is 4.76. The highest BCUT2D eigenvalue weighted by molar-refractivity contribution is 5.81. The Morgan fingerprint density at radius 2 is 1.47 bits per heavy atom. The minimum Gasteiger partial charge on any atom is -0.506 e. The van der Waals surface area contributed by atoms with Gasteiger partial charge in [0.15, 0.2) is 0 Å². The van der Waals surface area contributed by atoms with Crippen molar-refractivity contribution in [3.63, 3.8) is 0 Å². The number of ether oxygens (including phenoxy) is 1. The zero-order chi connectivity index (χ0) is 21.1. The van der Waals surface area contributed by atoms with Crippen LogP contribution in [0.25, 0.3) is 28.1 Å². The topological polar surface area (TPSA) is 75.2 Å². The second-order valence-electron chi connectivity index (χ2n) is 6.63. The number of pyridine rings is 1. The number of para-hydroxylation sites is 1. The van der Waals surface area contributed by atoms with Crippen LogP contribution in [-0.2, 0) is 0 Å². The molecule has 0 atom stereocenters. The van der Waals surface area contributed by atoms with E-state index in [1.807, 2.05) is 48.5 Å². The van der Waals surface area contributed by atoms with E-state index in [1.54, 1.807) is 43.5 Å². The van der Waals surface area contributed by atoms with Crippen molar-refractivity contribution in [2.24, 2.45) is 0 Å². The molecule has 5 heteroatoms. The summed E-state index contributed by atoms with van der Waals surface area (Å²) >= 11 is 0. The molecular weight excluding hydrogens is 376 g/mol. The van der Waals surface area contributed by atoms with Gasteiger partial charge in [-0.2, -0.15) is 5.26 Å². The molecular formula is C25H18N2O3. The molecule has 1 aromatic heterocycles. The Kier molecular flexibility index (Phi) is 5.06. The Morgan fingerprint density at radius 3 is 2.03 bits per heavy atom. The van der Waals surface area contributed by atoms with Gasteiger partial charge in [0.2, 0.25) is 0 Å². The van der Waals surface area contributed by atoms with Gasteiger partial charge in [-0.1, -0.05) is 60.7 Å². The number of aromatic nitrogens is 1. The normalized spacial score (nSPS) is 10.4. The fourth-order valence-corrected chi connectivity index (χ4v) is 3.48. The lowest BCUT2D eigenvalue weighted by Crippen LogP contribution is -2.23. The molecule has 0 aliphatic heterocycles. The number of aromatic hydroxyl groups is 1. The van der Waals surface area contributed by atoms with Crippen LogP contribution in [0.15, 0.2) is 89.7 Å². The average molecular weight is 394 g/mol. The molecule has 4 rings (SSSR count). The van der Waals surface area contributed by atoms with Gasteiger partial charge in [-0.15, -0.1) is 0 Å². The Hall–Kier alpha value is -4.30. The molecule has 3 aromatic carbocycles. The highest BCUT2D eigenvalue weighted by atomic mass is 16.5. The van der Waals surface area contributed by atoms with Crippen LogP contribution >= 0.6 is 0 Å². The van der Waals surface area contributed by atoms with E-state index in [-0.39, 0.29) is 16.9 Å². The number of benzene rings is 3. The fraction of sp³-hybridized carbons (Fsp3) is 0.0400. The summed E-state index contributed by atoms with van der Waals surface area (Å²) in [6.07, 6.45) is 0. The van der Waals surface area contributed by atoms with Crippen LogP contribution in [0.3, 0.4) is 0 Å². The summed E-state index contributed by atoms with van der Waals surface area (Å²) in [4.78, 5) is 13.7. The van der Waals surface area contributed by atoms with E-state index in [4.69, 9.17) is 4.74 Å². The van der Waals surface area contributed by atoms with Crippen molar-refractivity contribution in [3.05, 3.63) is 101 Å². The molecule has 5 nitrogen and oxygen atoms in total. The lowest BCUT2D eigenvalue weighted by atomic mass is 9.98. The van der Waals surface area contributed by atoms with Gasteiger partial charge in [-0.05, 0) is 29.8 Å². The third-order valence-corrected chi connectivity index (χ3v) is 4.90.